The molecule has 1 aromatic rings. The Morgan fingerprint density at radius 1 is 1.50 bits per heavy atom. The minimum Gasteiger partial charge on any atom is -0.500 e. The minimum absolute atomic E-state index is 0.0213. The zero-order valence-corrected chi connectivity index (χ0v) is 9.97. The number of nitro groups is 1. The molecule has 0 aliphatic carbocycles. The summed E-state index contributed by atoms with van der Waals surface area (Å²) in [5.74, 6) is -0.318. The highest BCUT2D eigenvalue weighted by Crippen LogP contribution is 2.38. The summed E-state index contributed by atoms with van der Waals surface area (Å²) in [6.07, 6.45) is 0. The van der Waals surface area contributed by atoms with Gasteiger partial charge in [-0.05, 0) is 11.6 Å². The zero-order valence-electron chi connectivity index (χ0n) is 9.97. The van der Waals surface area contributed by atoms with E-state index in [9.17, 15) is 15.2 Å². The molecule has 1 saturated heterocycles. The van der Waals surface area contributed by atoms with E-state index in [0.717, 1.165) is 18.7 Å². The third-order valence-electron chi connectivity index (χ3n) is 2.94. The molecular formula is C11H15N3O4. The summed E-state index contributed by atoms with van der Waals surface area (Å²) in [6.45, 7) is 2.35. The zero-order chi connectivity index (χ0) is 13.1. The van der Waals surface area contributed by atoms with Gasteiger partial charge in [-0.2, -0.15) is 0 Å². The van der Waals surface area contributed by atoms with Gasteiger partial charge in [-0.15, -0.1) is 0 Å². The maximum Gasteiger partial charge on any atom is 0.314 e. The van der Waals surface area contributed by atoms with Gasteiger partial charge in [0, 0.05) is 31.7 Å². The lowest BCUT2D eigenvalue weighted by atomic mass is 10.0. The fraction of sp³-hybridized carbons (Fsp3) is 0.455. The number of piperazine rings is 1. The van der Waals surface area contributed by atoms with E-state index in [1.165, 1.54) is 13.2 Å². The number of nitrogens with zero attached hydrogens (tertiary/aromatic N) is 1. The monoisotopic (exact) mass is 253 g/mol. The molecule has 18 heavy (non-hydrogen) atoms. The van der Waals surface area contributed by atoms with Gasteiger partial charge in [-0.25, -0.2) is 0 Å². The second-order valence-corrected chi connectivity index (χ2v) is 4.06. The topological polar surface area (TPSA) is 96.7 Å². The molecule has 0 aromatic heterocycles. The first-order valence-electron chi connectivity index (χ1n) is 5.63. The van der Waals surface area contributed by atoms with E-state index in [0.29, 0.717) is 6.54 Å². The normalized spacial score (nSPS) is 19.5. The van der Waals surface area contributed by atoms with Crippen molar-refractivity contribution < 1.29 is 14.8 Å². The fourth-order valence-electron chi connectivity index (χ4n) is 2.00. The molecular weight excluding hydrogens is 238 g/mol. The number of ether oxygens (including phenoxy) is 1. The van der Waals surface area contributed by atoms with E-state index in [2.05, 4.69) is 10.6 Å². The molecule has 1 aliphatic rings. The summed E-state index contributed by atoms with van der Waals surface area (Å²) in [5.41, 5.74) is 0.389. The Morgan fingerprint density at radius 2 is 2.28 bits per heavy atom. The van der Waals surface area contributed by atoms with Gasteiger partial charge in [0.2, 0.25) is 5.75 Å². The lowest BCUT2D eigenvalue weighted by Gasteiger charge is -2.25. The van der Waals surface area contributed by atoms with Crippen molar-refractivity contribution in [1.82, 2.24) is 10.6 Å². The molecule has 0 bridgehead atoms. The van der Waals surface area contributed by atoms with Crippen LogP contribution in [0.2, 0.25) is 0 Å². The number of hydrogen-bond acceptors (Lipinski definition) is 6. The van der Waals surface area contributed by atoms with Crippen LogP contribution in [0.4, 0.5) is 5.69 Å². The molecule has 7 heteroatoms. The van der Waals surface area contributed by atoms with E-state index < -0.39 is 10.7 Å². The Morgan fingerprint density at radius 3 is 2.83 bits per heavy atom. The SMILES string of the molecule is COc1cc([C@@H]2CNCCN2)cc([N+](=O)[O-])c1O. The van der Waals surface area contributed by atoms with Crippen molar-refractivity contribution in [3.8, 4) is 11.5 Å². The first kappa shape index (κ1) is 12.6. The van der Waals surface area contributed by atoms with E-state index in [1.807, 2.05) is 0 Å². The average Bonchev–Trinajstić information content (AvgIpc) is 2.39. The number of rotatable bonds is 3. The summed E-state index contributed by atoms with van der Waals surface area (Å²) in [4.78, 5) is 10.3. The van der Waals surface area contributed by atoms with Gasteiger partial charge in [0.25, 0.3) is 0 Å². The quantitative estimate of drug-likeness (QED) is 0.537. The third-order valence-corrected chi connectivity index (χ3v) is 2.94. The molecule has 0 spiro atoms. The van der Waals surface area contributed by atoms with Crippen LogP contribution in [-0.2, 0) is 0 Å². The predicted molar refractivity (Wildman–Crippen MR) is 64.9 cm³/mol. The van der Waals surface area contributed by atoms with Crippen LogP contribution in [0, 0.1) is 10.1 Å². The Balaban J connectivity index is 2.41. The number of benzene rings is 1. The van der Waals surface area contributed by atoms with Crippen molar-refractivity contribution in [2.24, 2.45) is 0 Å². The maximum absolute atomic E-state index is 10.9. The van der Waals surface area contributed by atoms with Gasteiger partial charge in [0.05, 0.1) is 12.0 Å². The molecule has 0 amide bonds. The molecule has 0 radical (unpaired) electrons. The number of phenols is 1. The molecule has 1 aliphatic heterocycles. The standard InChI is InChI=1S/C11H15N3O4/c1-18-10-5-7(8-6-12-2-3-13-8)4-9(11(10)15)14(16)17/h4-5,8,12-13,15H,2-3,6H2,1H3/t8-/m0/s1. The predicted octanol–water partition coefficient (Wildman–Crippen LogP) is 0.543. The smallest absolute Gasteiger partial charge is 0.314 e. The van der Waals surface area contributed by atoms with Crippen molar-refractivity contribution in [1.29, 1.82) is 0 Å². The Kier molecular flexibility index (Phi) is 3.63. The fourth-order valence-corrected chi connectivity index (χ4v) is 2.00. The largest absolute Gasteiger partial charge is 0.500 e. The maximum atomic E-state index is 10.9. The van der Waals surface area contributed by atoms with Gasteiger partial charge in [-0.1, -0.05) is 0 Å². The van der Waals surface area contributed by atoms with Crippen molar-refractivity contribution in [3.63, 3.8) is 0 Å². The number of nitrogens with one attached hydrogen (secondary N) is 2. The first-order chi connectivity index (χ1) is 8.63. The Labute approximate surface area is 104 Å². The van der Waals surface area contributed by atoms with Crippen LogP contribution < -0.4 is 15.4 Å². The Bertz CT molecular complexity index is 458. The van der Waals surface area contributed by atoms with Crippen LogP contribution in [0.1, 0.15) is 11.6 Å². The van der Waals surface area contributed by atoms with Gasteiger partial charge in [-0.3, -0.25) is 10.1 Å². The summed E-state index contributed by atoms with van der Waals surface area (Å²) in [6, 6.07) is 2.97. The minimum atomic E-state index is -0.613. The van der Waals surface area contributed by atoms with E-state index in [1.54, 1.807) is 6.07 Å². The van der Waals surface area contributed by atoms with Crippen LogP contribution >= 0.6 is 0 Å². The lowest BCUT2D eigenvalue weighted by Crippen LogP contribution is -2.42. The number of phenolic OH excluding ortho intramolecular Hbond substituents is 1. The summed E-state index contributed by atoms with van der Waals surface area (Å²) in [5, 5.41) is 27.0. The van der Waals surface area contributed by atoms with Crippen molar-refractivity contribution in [3.05, 3.63) is 27.8 Å². The van der Waals surface area contributed by atoms with Crippen LogP contribution in [0.15, 0.2) is 12.1 Å². The molecule has 7 nitrogen and oxygen atoms in total. The number of aromatic hydroxyl groups is 1. The van der Waals surface area contributed by atoms with Crippen LogP contribution in [0.5, 0.6) is 11.5 Å². The van der Waals surface area contributed by atoms with Crippen LogP contribution in [0.25, 0.3) is 0 Å². The van der Waals surface area contributed by atoms with Gasteiger partial charge in [0.15, 0.2) is 5.75 Å². The van der Waals surface area contributed by atoms with Crippen LogP contribution in [0.3, 0.4) is 0 Å². The lowest BCUT2D eigenvalue weighted by molar-refractivity contribution is -0.386. The molecule has 1 heterocycles. The first-order valence-corrected chi connectivity index (χ1v) is 5.63. The highest BCUT2D eigenvalue weighted by atomic mass is 16.6. The summed E-state index contributed by atoms with van der Waals surface area (Å²) >= 11 is 0. The molecule has 2 rings (SSSR count). The summed E-state index contributed by atoms with van der Waals surface area (Å²) < 4.78 is 4.96. The van der Waals surface area contributed by atoms with Crippen molar-refractivity contribution in [2.45, 2.75) is 6.04 Å². The highest BCUT2D eigenvalue weighted by Gasteiger charge is 2.24. The Hall–Kier alpha value is -1.86. The number of nitro benzene ring substituents is 1. The molecule has 98 valence electrons. The number of methoxy groups -OCH3 is 1. The molecule has 1 fully saturated rings. The number of hydrogen-bond donors (Lipinski definition) is 3. The molecule has 1 atom stereocenters. The van der Waals surface area contributed by atoms with Gasteiger partial charge < -0.3 is 20.5 Å². The van der Waals surface area contributed by atoms with E-state index >= 15 is 0 Å². The van der Waals surface area contributed by atoms with Crippen LogP contribution in [-0.4, -0.2) is 36.8 Å². The molecule has 1 aromatic carbocycles. The second kappa shape index (κ2) is 5.19. The average molecular weight is 253 g/mol. The third kappa shape index (κ3) is 2.36. The highest BCUT2D eigenvalue weighted by molar-refractivity contribution is 5.57. The molecule has 0 unspecified atom stereocenters. The molecule has 0 saturated carbocycles. The summed E-state index contributed by atoms with van der Waals surface area (Å²) in [7, 11) is 1.37. The van der Waals surface area contributed by atoms with Crippen molar-refractivity contribution in [2.75, 3.05) is 26.7 Å². The van der Waals surface area contributed by atoms with Crippen molar-refractivity contribution >= 4 is 5.69 Å². The second-order valence-electron chi connectivity index (χ2n) is 4.06. The van der Waals surface area contributed by atoms with E-state index in [-0.39, 0.29) is 17.5 Å². The van der Waals surface area contributed by atoms with Gasteiger partial charge >= 0.3 is 5.69 Å². The molecule has 3 N–H and O–H groups in total. The van der Waals surface area contributed by atoms with E-state index in [4.69, 9.17) is 4.74 Å². The van der Waals surface area contributed by atoms with Gasteiger partial charge in [0.1, 0.15) is 0 Å².